The van der Waals surface area contributed by atoms with Gasteiger partial charge in [-0.1, -0.05) is 6.07 Å². The van der Waals surface area contributed by atoms with E-state index < -0.39 is 0 Å². The van der Waals surface area contributed by atoms with E-state index in [1.54, 1.807) is 12.4 Å². The predicted octanol–water partition coefficient (Wildman–Crippen LogP) is 1.94. The van der Waals surface area contributed by atoms with Gasteiger partial charge in [0.25, 0.3) is 0 Å². The van der Waals surface area contributed by atoms with Crippen LogP contribution in [0.15, 0.2) is 36.0 Å². The van der Waals surface area contributed by atoms with Gasteiger partial charge in [-0.2, -0.15) is 0 Å². The number of aromatic nitrogens is 2. The summed E-state index contributed by atoms with van der Waals surface area (Å²) in [4.78, 5) is 8.13. The first-order chi connectivity index (χ1) is 6.45. The van der Waals surface area contributed by atoms with Crippen LogP contribution in [0, 0.1) is 11.8 Å². The van der Waals surface area contributed by atoms with Crippen molar-refractivity contribution in [2.24, 2.45) is 0 Å². The second-order valence-electron chi connectivity index (χ2n) is 2.30. The normalized spacial score (nSPS) is 8.92. The molecular weight excluding hydrogens is 180 g/mol. The third kappa shape index (κ3) is 2.14. The molecular formula is C10H6N2S. The second-order valence-corrected chi connectivity index (χ2v) is 3.20. The summed E-state index contributed by atoms with van der Waals surface area (Å²) in [5.74, 6) is 5.87. The standard InChI is InChI=1S/C10H6N2S/c1-2-6-11-9(3-1)4-5-10-12-7-8-13-10/h1-3,6-8H. The lowest BCUT2D eigenvalue weighted by atomic mass is 10.3. The molecule has 2 aromatic heterocycles. The number of rotatable bonds is 0. The van der Waals surface area contributed by atoms with Crippen molar-refractivity contribution >= 4 is 11.3 Å². The molecule has 62 valence electrons. The molecule has 2 heterocycles. The minimum Gasteiger partial charge on any atom is -0.248 e. The Hall–Kier alpha value is -1.66. The minimum absolute atomic E-state index is 0.776. The van der Waals surface area contributed by atoms with Crippen LogP contribution >= 0.6 is 11.3 Å². The van der Waals surface area contributed by atoms with Gasteiger partial charge in [0.15, 0.2) is 5.01 Å². The molecule has 0 bridgehead atoms. The Balaban J connectivity index is 2.23. The van der Waals surface area contributed by atoms with Crippen LogP contribution in [0.5, 0.6) is 0 Å². The average molecular weight is 186 g/mol. The van der Waals surface area contributed by atoms with E-state index in [-0.39, 0.29) is 0 Å². The molecule has 2 nitrogen and oxygen atoms in total. The fourth-order valence-electron chi connectivity index (χ4n) is 0.839. The second kappa shape index (κ2) is 3.83. The quantitative estimate of drug-likeness (QED) is 0.587. The SMILES string of the molecule is C(#Cc1nccs1)c1ccccn1. The van der Waals surface area contributed by atoms with E-state index in [1.165, 1.54) is 11.3 Å². The molecule has 0 aromatic carbocycles. The van der Waals surface area contributed by atoms with E-state index in [0.29, 0.717) is 0 Å². The zero-order valence-electron chi connectivity index (χ0n) is 6.77. The molecule has 0 radical (unpaired) electrons. The van der Waals surface area contributed by atoms with Crippen molar-refractivity contribution in [2.75, 3.05) is 0 Å². The van der Waals surface area contributed by atoms with Crippen molar-refractivity contribution in [2.45, 2.75) is 0 Å². The van der Waals surface area contributed by atoms with Crippen molar-refractivity contribution in [3.63, 3.8) is 0 Å². The third-order valence-corrected chi connectivity index (χ3v) is 2.08. The summed E-state index contributed by atoms with van der Waals surface area (Å²) in [6.45, 7) is 0. The molecule has 0 aliphatic rings. The van der Waals surface area contributed by atoms with Crippen LogP contribution in [0.2, 0.25) is 0 Å². The summed E-state index contributed by atoms with van der Waals surface area (Å²) in [6, 6.07) is 5.66. The molecule has 2 aromatic rings. The number of pyridine rings is 1. The van der Waals surface area contributed by atoms with E-state index in [0.717, 1.165) is 10.7 Å². The summed E-state index contributed by atoms with van der Waals surface area (Å²) in [7, 11) is 0. The minimum atomic E-state index is 0.776. The number of nitrogens with zero attached hydrogens (tertiary/aromatic N) is 2. The highest BCUT2D eigenvalue weighted by atomic mass is 32.1. The molecule has 0 saturated carbocycles. The molecule has 0 unspecified atom stereocenters. The van der Waals surface area contributed by atoms with E-state index in [9.17, 15) is 0 Å². The van der Waals surface area contributed by atoms with Crippen LogP contribution in [0.4, 0.5) is 0 Å². The predicted molar refractivity (Wildman–Crippen MR) is 52.3 cm³/mol. The van der Waals surface area contributed by atoms with Crippen LogP contribution in [-0.2, 0) is 0 Å². The molecule has 0 fully saturated rings. The maximum atomic E-state index is 4.08. The van der Waals surface area contributed by atoms with Gasteiger partial charge in [0, 0.05) is 17.8 Å². The fourth-order valence-corrected chi connectivity index (χ4v) is 1.32. The van der Waals surface area contributed by atoms with E-state index in [2.05, 4.69) is 21.8 Å². The summed E-state index contributed by atoms with van der Waals surface area (Å²) in [6.07, 6.45) is 3.47. The van der Waals surface area contributed by atoms with Crippen LogP contribution in [0.3, 0.4) is 0 Å². The third-order valence-electron chi connectivity index (χ3n) is 1.39. The van der Waals surface area contributed by atoms with Crippen molar-refractivity contribution < 1.29 is 0 Å². The van der Waals surface area contributed by atoms with Gasteiger partial charge >= 0.3 is 0 Å². The Kier molecular flexibility index (Phi) is 2.35. The van der Waals surface area contributed by atoms with Crippen molar-refractivity contribution in [1.29, 1.82) is 0 Å². The highest BCUT2D eigenvalue weighted by molar-refractivity contribution is 7.10. The topological polar surface area (TPSA) is 25.8 Å². The summed E-state index contributed by atoms with van der Waals surface area (Å²) in [5.41, 5.74) is 0.776. The van der Waals surface area contributed by atoms with Crippen molar-refractivity contribution in [1.82, 2.24) is 9.97 Å². The molecule has 0 N–H and O–H groups in total. The zero-order chi connectivity index (χ0) is 8.93. The van der Waals surface area contributed by atoms with Gasteiger partial charge in [-0.15, -0.1) is 11.3 Å². The molecule has 13 heavy (non-hydrogen) atoms. The maximum absolute atomic E-state index is 4.08. The van der Waals surface area contributed by atoms with Crippen LogP contribution in [-0.4, -0.2) is 9.97 Å². The number of thiazole rings is 1. The summed E-state index contributed by atoms with van der Waals surface area (Å²) in [5, 5.41) is 2.73. The monoisotopic (exact) mass is 186 g/mol. The van der Waals surface area contributed by atoms with Gasteiger partial charge < -0.3 is 0 Å². The van der Waals surface area contributed by atoms with E-state index in [1.807, 2.05) is 23.6 Å². The van der Waals surface area contributed by atoms with Gasteiger partial charge in [0.2, 0.25) is 0 Å². The lowest BCUT2D eigenvalue weighted by Crippen LogP contribution is -1.78. The number of hydrogen-bond donors (Lipinski definition) is 0. The highest BCUT2D eigenvalue weighted by Gasteiger charge is 1.87. The Labute approximate surface area is 80.3 Å². The summed E-state index contributed by atoms with van der Waals surface area (Å²) < 4.78 is 0. The van der Waals surface area contributed by atoms with Gasteiger partial charge in [-0.25, -0.2) is 9.97 Å². The van der Waals surface area contributed by atoms with Gasteiger partial charge in [-0.05, 0) is 24.0 Å². The zero-order valence-corrected chi connectivity index (χ0v) is 7.58. The van der Waals surface area contributed by atoms with Gasteiger partial charge in [0.1, 0.15) is 5.69 Å². The van der Waals surface area contributed by atoms with E-state index >= 15 is 0 Å². The average Bonchev–Trinajstić information content (AvgIpc) is 2.69. The van der Waals surface area contributed by atoms with Crippen LogP contribution < -0.4 is 0 Å². The molecule has 0 aliphatic heterocycles. The molecule has 3 heteroatoms. The first kappa shape index (κ1) is 7.96. The Morgan fingerprint density at radius 2 is 2.08 bits per heavy atom. The van der Waals surface area contributed by atoms with Crippen LogP contribution in [0.1, 0.15) is 10.7 Å². The highest BCUT2D eigenvalue weighted by Crippen LogP contribution is 2.01. The number of hydrogen-bond acceptors (Lipinski definition) is 3. The molecule has 0 atom stereocenters. The maximum Gasteiger partial charge on any atom is 0.167 e. The summed E-state index contributed by atoms with van der Waals surface area (Å²) >= 11 is 1.53. The smallest absolute Gasteiger partial charge is 0.167 e. The Bertz CT molecular complexity index is 423. The van der Waals surface area contributed by atoms with E-state index in [4.69, 9.17) is 0 Å². The van der Waals surface area contributed by atoms with Gasteiger partial charge in [0.05, 0.1) is 0 Å². The molecule has 0 spiro atoms. The van der Waals surface area contributed by atoms with Crippen molar-refractivity contribution in [3.8, 4) is 11.8 Å². The Morgan fingerprint density at radius 3 is 2.77 bits per heavy atom. The van der Waals surface area contributed by atoms with Crippen LogP contribution in [0.25, 0.3) is 0 Å². The largest absolute Gasteiger partial charge is 0.248 e. The van der Waals surface area contributed by atoms with Crippen molar-refractivity contribution in [3.05, 3.63) is 46.7 Å². The first-order valence-corrected chi connectivity index (χ1v) is 4.66. The molecule has 0 amide bonds. The molecule has 0 saturated heterocycles. The lowest BCUT2D eigenvalue weighted by molar-refractivity contribution is 1.29. The molecule has 2 rings (SSSR count). The fraction of sp³-hybridized carbons (Fsp3) is 0. The van der Waals surface area contributed by atoms with Gasteiger partial charge in [-0.3, -0.25) is 0 Å². The molecule has 0 aliphatic carbocycles. The lowest BCUT2D eigenvalue weighted by Gasteiger charge is -1.84. The Morgan fingerprint density at radius 1 is 1.08 bits per heavy atom. The first-order valence-electron chi connectivity index (χ1n) is 3.78.